The van der Waals surface area contributed by atoms with Crippen LogP contribution in [0.25, 0.3) is 0 Å². The molecule has 2 rings (SSSR count). The first-order valence-electron chi connectivity index (χ1n) is 6.49. The third-order valence-corrected chi connectivity index (χ3v) is 4.98. The first-order chi connectivity index (χ1) is 8.91. The van der Waals surface area contributed by atoms with E-state index in [2.05, 4.69) is 4.72 Å². The van der Waals surface area contributed by atoms with Gasteiger partial charge in [0, 0.05) is 12.2 Å². The molecule has 0 amide bonds. The Hall–Kier alpha value is -1.11. The van der Waals surface area contributed by atoms with Crippen LogP contribution in [-0.4, -0.2) is 25.7 Å². The van der Waals surface area contributed by atoms with Gasteiger partial charge < -0.3 is 10.8 Å². The molecule has 1 saturated carbocycles. The van der Waals surface area contributed by atoms with E-state index >= 15 is 0 Å². The number of sulfonamides is 1. The molecule has 1 fully saturated rings. The fraction of sp³-hybridized carbons (Fsp3) is 0.538. The molecule has 5 nitrogen and oxygen atoms in total. The smallest absolute Gasteiger partial charge is 0.240 e. The average Bonchev–Trinajstić information content (AvgIpc) is 2.38. The van der Waals surface area contributed by atoms with Crippen LogP contribution >= 0.6 is 0 Å². The van der Waals surface area contributed by atoms with Crippen molar-refractivity contribution in [3.63, 3.8) is 0 Å². The predicted octanol–water partition coefficient (Wildman–Crippen LogP) is 1.24. The van der Waals surface area contributed by atoms with Crippen molar-refractivity contribution in [1.82, 2.24) is 4.72 Å². The summed E-state index contributed by atoms with van der Waals surface area (Å²) in [6, 6.07) is 6.01. The minimum atomic E-state index is -3.58. The van der Waals surface area contributed by atoms with Crippen LogP contribution in [-0.2, 0) is 10.0 Å². The highest BCUT2D eigenvalue weighted by Crippen LogP contribution is 2.27. The molecule has 0 radical (unpaired) electrons. The van der Waals surface area contributed by atoms with E-state index in [1.54, 1.807) is 12.1 Å². The lowest BCUT2D eigenvalue weighted by atomic mass is 9.85. The van der Waals surface area contributed by atoms with E-state index in [0.29, 0.717) is 18.5 Å². The van der Waals surface area contributed by atoms with Crippen LogP contribution in [0.4, 0.5) is 5.69 Å². The van der Waals surface area contributed by atoms with Gasteiger partial charge in [-0.2, -0.15) is 0 Å². The number of nitrogen functional groups attached to an aromatic ring is 1. The minimum absolute atomic E-state index is 0.0692. The molecule has 4 N–H and O–H groups in total. The molecule has 0 aromatic heterocycles. The second-order valence-corrected chi connectivity index (χ2v) is 6.95. The van der Waals surface area contributed by atoms with E-state index in [1.807, 2.05) is 0 Å². The molecule has 1 aliphatic carbocycles. The molecule has 1 aliphatic rings. The number of aliphatic hydroxyl groups is 1. The molecule has 19 heavy (non-hydrogen) atoms. The Morgan fingerprint density at radius 2 is 1.74 bits per heavy atom. The quantitative estimate of drug-likeness (QED) is 0.725. The highest BCUT2D eigenvalue weighted by Gasteiger charge is 2.30. The average molecular weight is 284 g/mol. The van der Waals surface area contributed by atoms with Crippen molar-refractivity contribution in [1.29, 1.82) is 0 Å². The monoisotopic (exact) mass is 284 g/mol. The first kappa shape index (κ1) is 14.3. The zero-order valence-corrected chi connectivity index (χ0v) is 11.6. The molecule has 0 unspecified atom stereocenters. The Bertz CT molecular complexity index is 519. The summed E-state index contributed by atoms with van der Waals surface area (Å²) in [6.45, 7) is 0.0692. The summed E-state index contributed by atoms with van der Waals surface area (Å²) < 4.78 is 26.6. The third-order valence-electron chi connectivity index (χ3n) is 3.57. The normalized spacial score (nSPS) is 19.2. The lowest BCUT2D eigenvalue weighted by Gasteiger charge is -2.32. The van der Waals surface area contributed by atoms with Crippen molar-refractivity contribution in [2.24, 2.45) is 0 Å². The van der Waals surface area contributed by atoms with E-state index in [9.17, 15) is 13.5 Å². The number of anilines is 1. The highest BCUT2D eigenvalue weighted by molar-refractivity contribution is 7.89. The van der Waals surface area contributed by atoms with E-state index in [-0.39, 0.29) is 11.4 Å². The summed E-state index contributed by atoms with van der Waals surface area (Å²) in [6.07, 6.45) is 4.29. The second kappa shape index (κ2) is 5.48. The van der Waals surface area contributed by atoms with Gasteiger partial charge in [0.05, 0.1) is 10.5 Å². The van der Waals surface area contributed by atoms with Gasteiger partial charge in [-0.25, -0.2) is 13.1 Å². The van der Waals surface area contributed by atoms with Crippen LogP contribution in [0, 0.1) is 0 Å². The number of hydrogen-bond donors (Lipinski definition) is 3. The Morgan fingerprint density at radius 3 is 2.32 bits per heavy atom. The van der Waals surface area contributed by atoms with Gasteiger partial charge in [0.15, 0.2) is 0 Å². The van der Waals surface area contributed by atoms with Gasteiger partial charge in [0.25, 0.3) is 0 Å². The third kappa shape index (κ3) is 3.68. The predicted molar refractivity (Wildman–Crippen MR) is 74.1 cm³/mol. The standard InChI is InChI=1S/C13H20N2O3S/c14-11-4-6-12(7-5-11)19(17,18)15-10-13(16)8-2-1-3-9-13/h4-7,15-16H,1-3,8-10,14H2. The van der Waals surface area contributed by atoms with Gasteiger partial charge in [-0.05, 0) is 37.1 Å². The molecule has 0 aliphatic heterocycles. The van der Waals surface area contributed by atoms with E-state index < -0.39 is 15.6 Å². The van der Waals surface area contributed by atoms with Gasteiger partial charge in [-0.1, -0.05) is 19.3 Å². The summed E-state index contributed by atoms with van der Waals surface area (Å²) in [5.74, 6) is 0. The fourth-order valence-corrected chi connectivity index (χ4v) is 3.47. The van der Waals surface area contributed by atoms with Gasteiger partial charge in [-0.3, -0.25) is 0 Å². The summed E-state index contributed by atoms with van der Waals surface area (Å²) >= 11 is 0. The van der Waals surface area contributed by atoms with E-state index in [4.69, 9.17) is 5.73 Å². The van der Waals surface area contributed by atoms with Crippen molar-refractivity contribution >= 4 is 15.7 Å². The zero-order chi connectivity index (χ0) is 13.9. The molecule has 1 aromatic carbocycles. The Morgan fingerprint density at radius 1 is 1.16 bits per heavy atom. The van der Waals surface area contributed by atoms with Crippen LogP contribution in [0.1, 0.15) is 32.1 Å². The highest BCUT2D eigenvalue weighted by atomic mass is 32.2. The summed E-state index contributed by atoms with van der Waals surface area (Å²) in [5.41, 5.74) is 5.14. The zero-order valence-electron chi connectivity index (χ0n) is 10.8. The van der Waals surface area contributed by atoms with Gasteiger partial charge in [0.1, 0.15) is 0 Å². The summed E-state index contributed by atoms with van der Waals surface area (Å²) in [4.78, 5) is 0.168. The summed E-state index contributed by atoms with van der Waals surface area (Å²) in [7, 11) is -3.58. The molecular formula is C13H20N2O3S. The van der Waals surface area contributed by atoms with Gasteiger partial charge in [-0.15, -0.1) is 0 Å². The molecule has 0 heterocycles. The molecule has 106 valence electrons. The maximum atomic E-state index is 12.1. The van der Waals surface area contributed by atoms with Crippen LogP contribution in [0.5, 0.6) is 0 Å². The molecule has 0 saturated heterocycles. The van der Waals surface area contributed by atoms with Crippen LogP contribution in [0.3, 0.4) is 0 Å². The maximum absolute atomic E-state index is 12.1. The number of benzene rings is 1. The van der Waals surface area contributed by atoms with Gasteiger partial charge >= 0.3 is 0 Å². The Labute approximate surface area is 113 Å². The van der Waals surface area contributed by atoms with Gasteiger partial charge in [0.2, 0.25) is 10.0 Å². The molecule has 1 aromatic rings. The number of rotatable bonds is 4. The van der Waals surface area contributed by atoms with Crippen molar-refractivity contribution in [3.05, 3.63) is 24.3 Å². The van der Waals surface area contributed by atoms with Crippen LogP contribution < -0.4 is 10.5 Å². The fourth-order valence-electron chi connectivity index (χ4n) is 2.35. The van der Waals surface area contributed by atoms with E-state index in [0.717, 1.165) is 19.3 Å². The Kier molecular flexibility index (Phi) is 4.13. The topological polar surface area (TPSA) is 92.4 Å². The SMILES string of the molecule is Nc1ccc(S(=O)(=O)NCC2(O)CCCCC2)cc1. The molecular weight excluding hydrogens is 264 g/mol. The minimum Gasteiger partial charge on any atom is -0.399 e. The number of nitrogens with one attached hydrogen (secondary N) is 1. The lowest BCUT2D eigenvalue weighted by molar-refractivity contribution is 0.00945. The molecule has 0 spiro atoms. The van der Waals surface area contributed by atoms with Crippen LogP contribution in [0.15, 0.2) is 29.2 Å². The first-order valence-corrected chi connectivity index (χ1v) is 7.97. The summed E-state index contributed by atoms with van der Waals surface area (Å²) in [5, 5.41) is 10.3. The molecule has 6 heteroatoms. The number of hydrogen-bond acceptors (Lipinski definition) is 4. The number of nitrogens with two attached hydrogens (primary N) is 1. The van der Waals surface area contributed by atoms with Crippen LogP contribution in [0.2, 0.25) is 0 Å². The van der Waals surface area contributed by atoms with Crippen molar-refractivity contribution < 1.29 is 13.5 Å². The van der Waals surface area contributed by atoms with E-state index in [1.165, 1.54) is 12.1 Å². The molecule has 0 bridgehead atoms. The second-order valence-electron chi connectivity index (χ2n) is 5.18. The van der Waals surface area contributed by atoms with Crippen molar-refractivity contribution in [2.75, 3.05) is 12.3 Å². The lowest BCUT2D eigenvalue weighted by Crippen LogP contribution is -2.44. The van der Waals surface area contributed by atoms with Crippen molar-refractivity contribution in [2.45, 2.75) is 42.6 Å². The van der Waals surface area contributed by atoms with Crippen molar-refractivity contribution in [3.8, 4) is 0 Å². The largest absolute Gasteiger partial charge is 0.399 e. The molecule has 0 atom stereocenters. The Balaban J connectivity index is 2.03. The maximum Gasteiger partial charge on any atom is 0.240 e.